The fourth-order valence-corrected chi connectivity index (χ4v) is 3.70. The molecule has 0 aromatic rings. The van der Waals surface area contributed by atoms with Gasteiger partial charge in [-0.25, -0.2) is 0 Å². The maximum absolute atomic E-state index is 12.5. The van der Waals surface area contributed by atoms with Crippen LogP contribution >= 0.6 is 0 Å². The lowest BCUT2D eigenvalue weighted by atomic mass is 10.0. The van der Waals surface area contributed by atoms with Gasteiger partial charge < -0.3 is 10.0 Å². The summed E-state index contributed by atoms with van der Waals surface area (Å²) in [6, 6.07) is 0. The van der Waals surface area contributed by atoms with E-state index in [1.54, 1.807) is 0 Å². The molecule has 1 N–H and O–H groups in total. The third kappa shape index (κ3) is 5.01. The van der Waals surface area contributed by atoms with Gasteiger partial charge in [-0.2, -0.15) is 17.0 Å². The Kier molecular flexibility index (Phi) is 6.38. The van der Waals surface area contributed by atoms with E-state index in [1.165, 1.54) is 4.31 Å². The van der Waals surface area contributed by atoms with Gasteiger partial charge in [0.15, 0.2) is 0 Å². The summed E-state index contributed by atoms with van der Waals surface area (Å²) in [4.78, 5) is 12.7. The van der Waals surface area contributed by atoms with Crippen LogP contribution in [0.2, 0.25) is 0 Å². The number of hydrogen-bond acceptors (Lipinski definition) is 4. The lowest BCUT2D eigenvalue weighted by molar-refractivity contribution is -0.137. The second-order valence-electron chi connectivity index (χ2n) is 5.62. The van der Waals surface area contributed by atoms with Crippen LogP contribution < -0.4 is 0 Å². The topological polar surface area (TPSA) is 81.2 Å². The molecule has 1 fully saturated rings. The number of hydrogen-bond donors (Lipinski definition) is 1. The first kappa shape index (κ1) is 17.4. The first-order chi connectivity index (χ1) is 9.23. The number of rotatable bonds is 7. The van der Waals surface area contributed by atoms with Crippen molar-refractivity contribution >= 4 is 16.2 Å². The zero-order valence-electron chi connectivity index (χ0n) is 12.4. The molecule has 1 rings (SSSR count). The molecule has 1 heterocycles. The SMILES string of the molecule is CC1CCN(S(=O)(=O)N(CCN(C)C)CC(=O)O)CC1. The average molecular weight is 307 g/mol. The van der Waals surface area contributed by atoms with E-state index in [9.17, 15) is 13.2 Å². The summed E-state index contributed by atoms with van der Waals surface area (Å²) in [6.45, 7) is 3.25. The Hall–Kier alpha value is -0.700. The van der Waals surface area contributed by atoms with Crippen molar-refractivity contribution in [1.29, 1.82) is 0 Å². The molecule has 0 spiro atoms. The van der Waals surface area contributed by atoms with Crippen molar-refractivity contribution in [1.82, 2.24) is 13.5 Å². The molecular formula is C12H25N3O4S. The predicted octanol–water partition coefficient (Wildman–Crippen LogP) is -0.0887. The van der Waals surface area contributed by atoms with Crippen LogP contribution in [0.3, 0.4) is 0 Å². The second-order valence-corrected chi connectivity index (χ2v) is 7.55. The second kappa shape index (κ2) is 7.35. The summed E-state index contributed by atoms with van der Waals surface area (Å²) in [5, 5.41) is 8.91. The molecule has 1 saturated heterocycles. The van der Waals surface area contributed by atoms with Crippen LogP contribution in [0.4, 0.5) is 0 Å². The number of carboxylic acid groups (broad SMARTS) is 1. The van der Waals surface area contributed by atoms with E-state index in [1.807, 2.05) is 19.0 Å². The van der Waals surface area contributed by atoms with Crippen LogP contribution in [0.15, 0.2) is 0 Å². The highest BCUT2D eigenvalue weighted by atomic mass is 32.2. The molecule has 0 unspecified atom stereocenters. The first-order valence-electron chi connectivity index (χ1n) is 6.85. The molecule has 0 aromatic carbocycles. The third-order valence-electron chi connectivity index (χ3n) is 3.50. The van der Waals surface area contributed by atoms with Crippen molar-refractivity contribution in [2.45, 2.75) is 19.8 Å². The zero-order chi connectivity index (χ0) is 15.3. The number of nitrogens with zero attached hydrogens (tertiary/aromatic N) is 3. The standard InChI is InChI=1S/C12H25N3O4S/c1-11-4-6-14(7-5-11)20(18,19)15(10-12(16)17)9-8-13(2)3/h11H,4-10H2,1-3H3,(H,16,17). The fraction of sp³-hybridized carbons (Fsp3) is 0.917. The third-order valence-corrected chi connectivity index (χ3v) is 5.49. The van der Waals surface area contributed by atoms with Crippen LogP contribution in [0.1, 0.15) is 19.8 Å². The largest absolute Gasteiger partial charge is 0.480 e. The smallest absolute Gasteiger partial charge is 0.318 e. The van der Waals surface area contributed by atoms with Crippen LogP contribution in [-0.4, -0.2) is 79.8 Å². The van der Waals surface area contributed by atoms with Gasteiger partial charge in [-0.3, -0.25) is 4.79 Å². The summed E-state index contributed by atoms with van der Waals surface area (Å²) in [6.07, 6.45) is 1.65. The van der Waals surface area contributed by atoms with Crippen LogP contribution in [0.5, 0.6) is 0 Å². The Balaban J connectivity index is 2.78. The van der Waals surface area contributed by atoms with Crippen LogP contribution in [0, 0.1) is 5.92 Å². The highest BCUT2D eigenvalue weighted by Crippen LogP contribution is 2.20. The van der Waals surface area contributed by atoms with Gasteiger partial charge in [-0.05, 0) is 32.9 Å². The Bertz CT molecular complexity index is 416. The molecule has 0 saturated carbocycles. The molecule has 0 aliphatic carbocycles. The Morgan fingerprint density at radius 2 is 1.80 bits per heavy atom. The number of carbonyl (C=O) groups is 1. The normalized spacial score (nSPS) is 18.9. The monoisotopic (exact) mass is 307 g/mol. The van der Waals surface area contributed by atoms with E-state index in [2.05, 4.69) is 6.92 Å². The van der Waals surface area contributed by atoms with Crippen LogP contribution in [0.25, 0.3) is 0 Å². The van der Waals surface area contributed by atoms with Crippen molar-refractivity contribution in [3.63, 3.8) is 0 Å². The lowest BCUT2D eigenvalue weighted by Gasteiger charge is -2.33. The Morgan fingerprint density at radius 1 is 1.25 bits per heavy atom. The molecule has 0 amide bonds. The van der Waals surface area contributed by atoms with Gasteiger partial charge in [0.2, 0.25) is 0 Å². The fourth-order valence-electron chi connectivity index (χ4n) is 2.12. The minimum atomic E-state index is -3.68. The minimum Gasteiger partial charge on any atom is -0.480 e. The maximum atomic E-state index is 12.5. The molecule has 7 nitrogen and oxygen atoms in total. The molecule has 0 radical (unpaired) electrons. The van der Waals surface area contributed by atoms with Gasteiger partial charge in [-0.15, -0.1) is 0 Å². The summed E-state index contributed by atoms with van der Waals surface area (Å²) >= 11 is 0. The van der Waals surface area contributed by atoms with E-state index < -0.39 is 22.7 Å². The molecule has 1 aliphatic rings. The maximum Gasteiger partial charge on any atom is 0.318 e. The summed E-state index contributed by atoms with van der Waals surface area (Å²) in [5.41, 5.74) is 0. The number of likely N-dealkylation sites (N-methyl/N-ethyl adjacent to an activating group) is 1. The minimum absolute atomic E-state index is 0.188. The predicted molar refractivity (Wildman–Crippen MR) is 76.7 cm³/mol. The first-order valence-corrected chi connectivity index (χ1v) is 8.25. The lowest BCUT2D eigenvalue weighted by Crippen LogP contribution is -2.50. The molecule has 0 bridgehead atoms. The van der Waals surface area contributed by atoms with Gasteiger partial charge in [0, 0.05) is 26.2 Å². The van der Waals surface area contributed by atoms with Crippen molar-refractivity contribution in [2.24, 2.45) is 5.92 Å². The van der Waals surface area contributed by atoms with Crippen LogP contribution in [-0.2, 0) is 15.0 Å². The van der Waals surface area contributed by atoms with Crippen molar-refractivity contribution in [2.75, 3.05) is 46.8 Å². The summed E-state index contributed by atoms with van der Waals surface area (Å²) < 4.78 is 27.5. The number of piperidine rings is 1. The number of carboxylic acids is 1. The highest BCUT2D eigenvalue weighted by Gasteiger charge is 2.33. The van der Waals surface area contributed by atoms with Crippen molar-refractivity contribution in [3.05, 3.63) is 0 Å². The molecule has 1 aliphatic heterocycles. The summed E-state index contributed by atoms with van der Waals surface area (Å²) in [5.74, 6) is -0.603. The van der Waals surface area contributed by atoms with Gasteiger partial charge in [0.05, 0.1) is 0 Å². The Morgan fingerprint density at radius 3 is 2.25 bits per heavy atom. The van der Waals surface area contributed by atoms with Crippen molar-refractivity contribution < 1.29 is 18.3 Å². The molecular weight excluding hydrogens is 282 g/mol. The van der Waals surface area contributed by atoms with E-state index in [-0.39, 0.29) is 6.54 Å². The molecule has 0 atom stereocenters. The van der Waals surface area contributed by atoms with Gasteiger partial charge in [0.25, 0.3) is 10.2 Å². The van der Waals surface area contributed by atoms with Gasteiger partial charge in [-0.1, -0.05) is 6.92 Å². The average Bonchev–Trinajstić information content (AvgIpc) is 2.34. The van der Waals surface area contributed by atoms with E-state index in [0.717, 1.165) is 17.1 Å². The number of aliphatic carboxylic acids is 1. The van der Waals surface area contributed by atoms with Crippen molar-refractivity contribution in [3.8, 4) is 0 Å². The molecule has 118 valence electrons. The molecule has 20 heavy (non-hydrogen) atoms. The van der Waals surface area contributed by atoms with E-state index in [4.69, 9.17) is 5.11 Å². The molecule has 0 aromatic heterocycles. The summed E-state index contributed by atoms with van der Waals surface area (Å²) in [7, 11) is -0.0241. The van der Waals surface area contributed by atoms with E-state index >= 15 is 0 Å². The highest BCUT2D eigenvalue weighted by molar-refractivity contribution is 7.86. The van der Waals surface area contributed by atoms with E-state index in [0.29, 0.717) is 25.6 Å². The van der Waals surface area contributed by atoms with Gasteiger partial charge in [0.1, 0.15) is 6.54 Å². The van der Waals surface area contributed by atoms with Gasteiger partial charge >= 0.3 is 5.97 Å². The Labute approximate surface area is 121 Å². The zero-order valence-corrected chi connectivity index (χ0v) is 13.3. The molecule has 8 heteroatoms. The quantitative estimate of drug-likeness (QED) is 0.711.